The molecule has 0 aliphatic carbocycles. The number of nitrogens with one attached hydrogen (secondary N) is 2. The standard InChI is InChI=1S/C8H10ClN3O2/c1-2-3-12-6(10-5-9)4-7(13)11-8(12)14/h2,4,10H,1,3,5H2,(H,11,13,14). The summed E-state index contributed by atoms with van der Waals surface area (Å²) in [4.78, 5) is 24.4. The van der Waals surface area contributed by atoms with E-state index in [0.29, 0.717) is 12.4 Å². The molecule has 0 amide bonds. The maximum atomic E-state index is 11.3. The van der Waals surface area contributed by atoms with E-state index in [-0.39, 0.29) is 6.00 Å². The zero-order chi connectivity index (χ0) is 10.6. The van der Waals surface area contributed by atoms with Gasteiger partial charge in [0.05, 0.1) is 6.00 Å². The number of aromatic nitrogens is 2. The Hall–Kier alpha value is -1.49. The van der Waals surface area contributed by atoms with E-state index in [2.05, 4.69) is 16.9 Å². The molecule has 1 rings (SSSR count). The lowest BCUT2D eigenvalue weighted by atomic mass is 10.5. The summed E-state index contributed by atoms with van der Waals surface area (Å²) in [5.41, 5.74) is -0.937. The highest BCUT2D eigenvalue weighted by molar-refractivity contribution is 6.18. The van der Waals surface area contributed by atoms with Crippen LogP contribution in [-0.2, 0) is 6.54 Å². The van der Waals surface area contributed by atoms with Crippen molar-refractivity contribution >= 4 is 17.4 Å². The molecule has 76 valence electrons. The summed E-state index contributed by atoms with van der Waals surface area (Å²) in [6.45, 7) is 3.82. The third-order valence-electron chi connectivity index (χ3n) is 1.59. The third-order valence-corrected chi connectivity index (χ3v) is 1.73. The number of hydrogen-bond acceptors (Lipinski definition) is 3. The Morgan fingerprint density at radius 2 is 2.36 bits per heavy atom. The lowest BCUT2D eigenvalue weighted by Gasteiger charge is -2.09. The molecule has 0 unspecified atom stereocenters. The average Bonchev–Trinajstić information content (AvgIpc) is 2.11. The van der Waals surface area contributed by atoms with Crippen LogP contribution in [0.15, 0.2) is 28.3 Å². The first-order valence-corrected chi connectivity index (χ1v) is 4.47. The van der Waals surface area contributed by atoms with Crippen LogP contribution in [0.25, 0.3) is 0 Å². The summed E-state index contributed by atoms with van der Waals surface area (Å²) in [5.74, 6) is 0.383. The highest BCUT2D eigenvalue weighted by Crippen LogP contribution is 2.00. The fourth-order valence-corrected chi connectivity index (χ4v) is 1.18. The minimum Gasteiger partial charge on any atom is -0.358 e. The molecule has 0 saturated carbocycles. The van der Waals surface area contributed by atoms with E-state index in [1.807, 2.05) is 0 Å². The topological polar surface area (TPSA) is 66.9 Å². The normalized spacial score (nSPS) is 9.79. The molecular formula is C8H10ClN3O2. The van der Waals surface area contributed by atoms with Crippen LogP contribution in [0.4, 0.5) is 5.82 Å². The van der Waals surface area contributed by atoms with Gasteiger partial charge < -0.3 is 5.32 Å². The van der Waals surface area contributed by atoms with E-state index in [4.69, 9.17) is 11.6 Å². The van der Waals surface area contributed by atoms with E-state index < -0.39 is 11.2 Å². The Morgan fingerprint density at radius 1 is 1.64 bits per heavy atom. The Bertz CT molecular complexity index is 435. The maximum absolute atomic E-state index is 11.3. The monoisotopic (exact) mass is 215 g/mol. The van der Waals surface area contributed by atoms with Gasteiger partial charge in [-0.2, -0.15) is 0 Å². The van der Waals surface area contributed by atoms with Crippen molar-refractivity contribution in [3.05, 3.63) is 39.6 Å². The van der Waals surface area contributed by atoms with Gasteiger partial charge in [0.25, 0.3) is 5.56 Å². The zero-order valence-electron chi connectivity index (χ0n) is 7.42. The van der Waals surface area contributed by atoms with Crippen LogP contribution in [0.3, 0.4) is 0 Å². The first-order valence-electron chi connectivity index (χ1n) is 3.94. The van der Waals surface area contributed by atoms with Crippen molar-refractivity contribution < 1.29 is 0 Å². The van der Waals surface area contributed by atoms with Gasteiger partial charge in [-0.15, -0.1) is 18.2 Å². The van der Waals surface area contributed by atoms with Gasteiger partial charge in [0, 0.05) is 12.6 Å². The number of nitrogens with zero attached hydrogens (tertiary/aromatic N) is 1. The number of hydrogen-bond donors (Lipinski definition) is 2. The predicted molar refractivity (Wildman–Crippen MR) is 55.9 cm³/mol. The van der Waals surface area contributed by atoms with Crippen LogP contribution >= 0.6 is 11.6 Å². The van der Waals surface area contributed by atoms with Crippen molar-refractivity contribution in [3.8, 4) is 0 Å². The van der Waals surface area contributed by atoms with Gasteiger partial charge in [-0.1, -0.05) is 6.08 Å². The van der Waals surface area contributed by atoms with Crippen molar-refractivity contribution in [3.63, 3.8) is 0 Å². The molecule has 1 aromatic heterocycles. The van der Waals surface area contributed by atoms with Gasteiger partial charge in [-0.3, -0.25) is 14.3 Å². The SMILES string of the molecule is C=CCn1c(NCCl)cc(=O)[nH]c1=O. The zero-order valence-corrected chi connectivity index (χ0v) is 8.17. The molecule has 6 heteroatoms. The lowest BCUT2D eigenvalue weighted by molar-refractivity contribution is 0.744. The van der Waals surface area contributed by atoms with E-state index in [1.54, 1.807) is 6.08 Å². The second-order valence-electron chi connectivity index (χ2n) is 2.53. The molecular weight excluding hydrogens is 206 g/mol. The van der Waals surface area contributed by atoms with Crippen LogP contribution in [0.1, 0.15) is 0 Å². The number of alkyl halides is 1. The molecule has 0 saturated heterocycles. The molecule has 5 nitrogen and oxygen atoms in total. The minimum atomic E-state index is -0.481. The van der Waals surface area contributed by atoms with E-state index in [9.17, 15) is 9.59 Å². The summed E-state index contributed by atoms with van der Waals surface area (Å²) in [6, 6.07) is 1.40. The van der Waals surface area contributed by atoms with Crippen molar-refractivity contribution in [2.45, 2.75) is 6.54 Å². The first kappa shape index (κ1) is 10.6. The van der Waals surface area contributed by atoms with Crippen LogP contribution in [0.5, 0.6) is 0 Å². The quantitative estimate of drug-likeness (QED) is 0.432. The summed E-state index contributed by atoms with van der Waals surface area (Å²) in [6.07, 6.45) is 1.55. The predicted octanol–water partition coefficient (Wildman–Crippen LogP) is 0.331. The molecule has 1 heterocycles. The Morgan fingerprint density at radius 3 is 2.93 bits per heavy atom. The molecule has 0 bridgehead atoms. The molecule has 0 aromatic carbocycles. The van der Waals surface area contributed by atoms with Gasteiger partial charge >= 0.3 is 5.69 Å². The van der Waals surface area contributed by atoms with Crippen molar-refractivity contribution in [2.75, 3.05) is 11.3 Å². The van der Waals surface area contributed by atoms with Crippen LogP contribution in [0.2, 0.25) is 0 Å². The Balaban J connectivity index is 3.28. The molecule has 0 atom stereocenters. The van der Waals surface area contributed by atoms with Crippen LogP contribution in [0, 0.1) is 0 Å². The minimum absolute atomic E-state index is 0.125. The van der Waals surface area contributed by atoms with E-state index in [1.165, 1.54) is 10.6 Å². The third kappa shape index (κ3) is 2.26. The van der Waals surface area contributed by atoms with Gasteiger partial charge in [-0.05, 0) is 0 Å². The second-order valence-corrected chi connectivity index (χ2v) is 2.80. The molecule has 0 aliphatic heterocycles. The molecule has 0 spiro atoms. The lowest BCUT2D eigenvalue weighted by Crippen LogP contribution is -2.31. The molecule has 0 radical (unpaired) electrons. The fourth-order valence-electron chi connectivity index (χ4n) is 1.05. The van der Waals surface area contributed by atoms with Gasteiger partial charge in [0.1, 0.15) is 5.82 Å². The van der Waals surface area contributed by atoms with Gasteiger partial charge in [-0.25, -0.2) is 4.79 Å². The first-order chi connectivity index (χ1) is 6.69. The number of allylic oxidation sites excluding steroid dienone is 1. The highest BCUT2D eigenvalue weighted by Gasteiger charge is 2.02. The van der Waals surface area contributed by atoms with Gasteiger partial charge in [0.2, 0.25) is 0 Å². The molecule has 0 fully saturated rings. The molecule has 14 heavy (non-hydrogen) atoms. The average molecular weight is 216 g/mol. The molecule has 0 aliphatic rings. The summed E-state index contributed by atoms with van der Waals surface area (Å²) >= 11 is 5.45. The van der Waals surface area contributed by atoms with Crippen molar-refractivity contribution in [1.29, 1.82) is 0 Å². The Kier molecular flexibility index (Phi) is 3.53. The van der Waals surface area contributed by atoms with Gasteiger partial charge in [0.15, 0.2) is 0 Å². The maximum Gasteiger partial charge on any atom is 0.330 e. The van der Waals surface area contributed by atoms with Crippen molar-refractivity contribution in [1.82, 2.24) is 9.55 Å². The summed E-state index contributed by atoms with van der Waals surface area (Å²) in [5, 5.41) is 2.70. The molecule has 1 aromatic rings. The smallest absolute Gasteiger partial charge is 0.330 e. The van der Waals surface area contributed by atoms with E-state index >= 15 is 0 Å². The highest BCUT2D eigenvalue weighted by atomic mass is 35.5. The largest absolute Gasteiger partial charge is 0.358 e. The number of rotatable bonds is 4. The van der Waals surface area contributed by atoms with Crippen LogP contribution < -0.4 is 16.6 Å². The van der Waals surface area contributed by atoms with Crippen LogP contribution in [-0.4, -0.2) is 15.6 Å². The second kappa shape index (κ2) is 4.66. The summed E-state index contributed by atoms with van der Waals surface area (Å²) < 4.78 is 1.33. The summed E-state index contributed by atoms with van der Waals surface area (Å²) in [7, 11) is 0. The number of halogens is 1. The number of H-pyrrole nitrogens is 1. The van der Waals surface area contributed by atoms with E-state index in [0.717, 1.165) is 0 Å². The fraction of sp³-hybridized carbons (Fsp3) is 0.250. The number of anilines is 1. The molecule has 2 N–H and O–H groups in total. The number of aromatic amines is 1. The van der Waals surface area contributed by atoms with Crippen molar-refractivity contribution in [2.24, 2.45) is 0 Å². The Labute approximate surface area is 85.0 Å².